The molecule has 0 bridgehead atoms. The molecule has 2 aromatic heterocycles. The summed E-state index contributed by atoms with van der Waals surface area (Å²) in [4.78, 5) is 41.9. The van der Waals surface area contributed by atoms with Gasteiger partial charge in [0.25, 0.3) is 11.5 Å². The molecule has 0 aromatic carbocycles. The van der Waals surface area contributed by atoms with Crippen LogP contribution in [0.1, 0.15) is 41.9 Å². The minimum Gasteiger partial charge on any atom is -0.467 e. The molecule has 3 rings (SSSR count). The molecule has 0 radical (unpaired) electrons. The third-order valence-corrected chi connectivity index (χ3v) is 4.13. The number of carbonyl (C=O) groups is 1. The molecule has 8 heteroatoms. The molecule has 0 spiro atoms. The average molecular weight is 318 g/mol. The van der Waals surface area contributed by atoms with Crippen LogP contribution in [0, 0.1) is 0 Å². The molecule has 4 N–H and O–H groups in total. The van der Waals surface area contributed by atoms with Gasteiger partial charge in [-0.2, -0.15) is 0 Å². The number of anilines is 1. The van der Waals surface area contributed by atoms with Crippen molar-refractivity contribution in [3.63, 3.8) is 0 Å². The highest BCUT2D eigenvalue weighted by Crippen LogP contribution is 2.26. The van der Waals surface area contributed by atoms with Gasteiger partial charge in [0, 0.05) is 6.04 Å². The quantitative estimate of drug-likeness (QED) is 0.769. The number of carbonyl (C=O) groups excluding carboxylic acids is 1. The van der Waals surface area contributed by atoms with E-state index in [4.69, 9.17) is 10.2 Å². The summed E-state index contributed by atoms with van der Waals surface area (Å²) >= 11 is 0. The minimum atomic E-state index is -0.763. The number of rotatable bonds is 4. The smallest absolute Gasteiger partial charge is 0.326 e. The van der Waals surface area contributed by atoms with E-state index < -0.39 is 17.2 Å². The number of H-pyrrole nitrogens is 2. The zero-order valence-electron chi connectivity index (χ0n) is 12.5. The lowest BCUT2D eigenvalue weighted by atomic mass is 10.1. The van der Waals surface area contributed by atoms with Crippen LogP contribution in [0.3, 0.4) is 0 Å². The standard InChI is InChI=1S/C15H18N4O4/c16-11-12(17-15(22)18-13(11)20)14(21)19(9-4-1-2-5-9)8-10-6-3-7-23-10/h3,6-7,9H,1-2,4-5,8,16H2,(H2,17,18,20,22). The maximum absolute atomic E-state index is 12.9. The third-order valence-electron chi connectivity index (χ3n) is 4.13. The number of nitrogens with zero attached hydrogens (tertiary/aromatic N) is 1. The van der Waals surface area contributed by atoms with E-state index in [-0.39, 0.29) is 24.0 Å². The van der Waals surface area contributed by atoms with Gasteiger partial charge >= 0.3 is 5.69 Å². The number of hydrogen-bond donors (Lipinski definition) is 3. The molecule has 0 atom stereocenters. The first-order valence-corrected chi connectivity index (χ1v) is 7.51. The summed E-state index contributed by atoms with van der Waals surface area (Å²) < 4.78 is 5.32. The van der Waals surface area contributed by atoms with Crippen molar-refractivity contribution < 1.29 is 9.21 Å². The van der Waals surface area contributed by atoms with Crippen molar-refractivity contribution in [3.8, 4) is 0 Å². The van der Waals surface area contributed by atoms with Crippen LogP contribution < -0.4 is 17.0 Å². The van der Waals surface area contributed by atoms with E-state index >= 15 is 0 Å². The second-order valence-corrected chi connectivity index (χ2v) is 5.65. The summed E-state index contributed by atoms with van der Waals surface area (Å²) in [6.45, 7) is 0.269. The summed E-state index contributed by atoms with van der Waals surface area (Å²) in [6, 6.07) is 3.56. The van der Waals surface area contributed by atoms with E-state index in [1.165, 1.54) is 6.26 Å². The van der Waals surface area contributed by atoms with Crippen molar-refractivity contribution in [2.75, 3.05) is 5.73 Å². The van der Waals surface area contributed by atoms with Gasteiger partial charge in [-0.05, 0) is 25.0 Å². The topological polar surface area (TPSA) is 125 Å². The number of hydrogen-bond acceptors (Lipinski definition) is 5. The predicted molar refractivity (Wildman–Crippen MR) is 82.9 cm³/mol. The van der Waals surface area contributed by atoms with E-state index in [0.29, 0.717) is 5.76 Å². The highest BCUT2D eigenvalue weighted by Gasteiger charge is 2.30. The normalized spacial score (nSPS) is 15.0. The molecule has 2 heterocycles. The summed E-state index contributed by atoms with van der Waals surface area (Å²) in [5, 5.41) is 0. The molecule has 1 aliphatic rings. The maximum Gasteiger partial charge on any atom is 0.326 e. The lowest BCUT2D eigenvalue weighted by molar-refractivity contribution is 0.0643. The van der Waals surface area contributed by atoms with Crippen LogP contribution in [-0.2, 0) is 6.54 Å². The number of amides is 1. The van der Waals surface area contributed by atoms with E-state index in [1.54, 1.807) is 17.0 Å². The number of nitrogen functional groups attached to an aromatic ring is 1. The Morgan fingerprint density at radius 1 is 1.30 bits per heavy atom. The van der Waals surface area contributed by atoms with E-state index in [9.17, 15) is 14.4 Å². The highest BCUT2D eigenvalue weighted by molar-refractivity contribution is 5.97. The van der Waals surface area contributed by atoms with Crippen LogP contribution in [-0.4, -0.2) is 26.8 Å². The summed E-state index contributed by atoms with van der Waals surface area (Å²) in [5.41, 5.74) is 3.71. The van der Waals surface area contributed by atoms with Gasteiger partial charge in [0.15, 0.2) is 0 Å². The van der Waals surface area contributed by atoms with Gasteiger partial charge in [0.1, 0.15) is 17.1 Å². The van der Waals surface area contributed by atoms with Crippen molar-refractivity contribution in [1.29, 1.82) is 0 Å². The fourth-order valence-corrected chi connectivity index (χ4v) is 2.96. The van der Waals surface area contributed by atoms with Crippen LogP contribution in [0.15, 0.2) is 32.4 Å². The van der Waals surface area contributed by atoms with E-state index in [2.05, 4.69) is 4.98 Å². The van der Waals surface area contributed by atoms with E-state index in [1.807, 2.05) is 4.98 Å². The first-order valence-electron chi connectivity index (χ1n) is 7.51. The number of nitrogens with two attached hydrogens (primary N) is 1. The molecule has 0 aliphatic heterocycles. The molecule has 2 aromatic rings. The van der Waals surface area contributed by atoms with Crippen LogP contribution in [0.25, 0.3) is 0 Å². The molecular weight excluding hydrogens is 300 g/mol. The predicted octanol–water partition coefficient (Wildman–Crippen LogP) is 0.823. The Bertz CT molecular complexity index is 800. The van der Waals surface area contributed by atoms with Crippen molar-refractivity contribution >= 4 is 11.6 Å². The van der Waals surface area contributed by atoms with Crippen LogP contribution in [0.2, 0.25) is 0 Å². The van der Waals surface area contributed by atoms with Gasteiger partial charge in [-0.15, -0.1) is 0 Å². The summed E-state index contributed by atoms with van der Waals surface area (Å²) in [7, 11) is 0. The summed E-state index contributed by atoms with van der Waals surface area (Å²) in [6.07, 6.45) is 5.36. The molecule has 8 nitrogen and oxygen atoms in total. The molecule has 0 saturated heterocycles. The zero-order valence-corrected chi connectivity index (χ0v) is 12.5. The lowest BCUT2D eigenvalue weighted by Crippen LogP contribution is -2.41. The van der Waals surface area contributed by atoms with Gasteiger partial charge < -0.3 is 20.0 Å². The van der Waals surface area contributed by atoms with Gasteiger partial charge in [0.2, 0.25) is 0 Å². The SMILES string of the molecule is Nc1c(C(=O)N(Cc2ccco2)C2CCCC2)[nH]c(=O)[nH]c1=O. The first-order chi connectivity index (χ1) is 11.1. The molecule has 1 aliphatic carbocycles. The van der Waals surface area contributed by atoms with Gasteiger partial charge in [-0.3, -0.25) is 14.6 Å². The Morgan fingerprint density at radius 3 is 2.70 bits per heavy atom. The average Bonchev–Trinajstić information content (AvgIpc) is 3.20. The second-order valence-electron chi connectivity index (χ2n) is 5.65. The Kier molecular flexibility index (Phi) is 4.05. The molecule has 23 heavy (non-hydrogen) atoms. The number of nitrogens with one attached hydrogen (secondary N) is 2. The molecule has 1 saturated carbocycles. The van der Waals surface area contributed by atoms with Gasteiger partial charge in [-0.25, -0.2) is 4.79 Å². The number of aromatic nitrogens is 2. The maximum atomic E-state index is 12.9. The van der Waals surface area contributed by atoms with Crippen LogP contribution in [0.4, 0.5) is 5.69 Å². The zero-order chi connectivity index (χ0) is 16.4. The largest absolute Gasteiger partial charge is 0.467 e. The fraction of sp³-hybridized carbons (Fsp3) is 0.400. The number of furan rings is 1. The van der Waals surface area contributed by atoms with Crippen molar-refractivity contribution in [2.45, 2.75) is 38.3 Å². The second kappa shape index (κ2) is 6.15. The van der Waals surface area contributed by atoms with Crippen LogP contribution in [0.5, 0.6) is 0 Å². The molecule has 0 unspecified atom stereocenters. The Labute approximate surface area is 131 Å². The highest BCUT2D eigenvalue weighted by atomic mass is 16.3. The van der Waals surface area contributed by atoms with Crippen molar-refractivity contribution in [2.24, 2.45) is 0 Å². The first kappa shape index (κ1) is 15.1. The fourth-order valence-electron chi connectivity index (χ4n) is 2.96. The Balaban J connectivity index is 1.97. The number of aromatic amines is 2. The lowest BCUT2D eigenvalue weighted by Gasteiger charge is -2.28. The van der Waals surface area contributed by atoms with Crippen LogP contribution >= 0.6 is 0 Å². The molecular formula is C15H18N4O4. The Hall–Kier alpha value is -2.77. The van der Waals surface area contributed by atoms with Crippen molar-refractivity contribution in [1.82, 2.24) is 14.9 Å². The monoisotopic (exact) mass is 318 g/mol. The molecule has 1 amide bonds. The third kappa shape index (κ3) is 3.05. The van der Waals surface area contributed by atoms with Gasteiger partial charge in [0.05, 0.1) is 12.8 Å². The van der Waals surface area contributed by atoms with E-state index in [0.717, 1.165) is 25.7 Å². The molecule has 1 fully saturated rings. The molecule has 122 valence electrons. The Morgan fingerprint density at radius 2 is 2.04 bits per heavy atom. The van der Waals surface area contributed by atoms with Crippen molar-refractivity contribution in [3.05, 3.63) is 50.7 Å². The summed E-state index contributed by atoms with van der Waals surface area (Å²) in [5.74, 6) is 0.171. The van der Waals surface area contributed by atoms with Gasteiger partial charge in [-0.1, -0.05) is 12.8 Å². The minimum absolute atomic E-state index is 0.0368.